The lowest BCUT2D eigenvalue weighted by molar-refractivity contribution is -0.144. The van der Waals surface area contributed by atoms with E-state index in [2.05, 4.69) is 21.1 Å². The number of esters is 1. The maximum absolute atomic E-state index is 11.2. The van der Waals surface area contributed by atoms with Crippen LogP contribution in [0.25, 0.3) is 0 Å². The van der Waals surface area contributed by atoms with Crippen LogP contribution in [-0.4, -0.2) is 25.6 Å². The summed E-state index contributed by atoms with van der Waals surface area (Å²) in [6, 6.07) is 6.05. The highest BCUT2D eigenvalue weighted by Gasteiger charge is 2.12. The highest BCUT2D eigenvalue weighted by Crippen LogP contribution is 2.13. The predicted molar refractivity (Wildman–Crippen MR) is 77.2 cm³/mol. The normalized spacial score (nSPS) is 12.9. The van der Waals surface area contributed by atoms with Crippen molar-refractivity contribution in [3.8, 4) is 0 Å². The average Bonchev–Trinajstić information content (AvgIpc) is 2.33. The average molecular weight is 263 g/mol. The summed E-state index contributed by atoms with van der Waals surface area (Å²) in [5, 5.41) is 3.01. The van der Waals surface area contributed by atoms with E-state index >= 15 is 0 Å². The molecule has 3 N–H and O–H groups in total. The molecule has 0 aliphatic rings. The number of hydrogen-bond donors (Lipinski definition) is 2. The summed E-state index contributed by atoms with van der Waals surface area (Å²) in [7, 11) is 1.36. The van der Waals surface area contributed by atoms with Crippen LogP contribution in [0, 0.1) is 19.8 Å². The molecule has 1 aromatic carbocycles. The van der Waals surface area contributed by atoms with Crippen molar-refractivity contribution < 1.29 is 9.53 Å². The van der Waals surface area contributed by atoms with Crippen molar-refractivity contribution in [2.24, 2.45) is 16.6 Å². The molecule has 0 saturated heterocycles. The van der Waals surface area contributed by atoms with E-state index in [0.717, 1.165) is 16.8 Å². The number of nitrogens with one attached hydrogen (secondary N) is 1. The van der Waals surface area contributed by atoms with Crippen LogP contribution in [0.3, 0.4) is 0 Å². The highest BCUT2D eigenvalue weighted by molar-refractivity contribution is 5.92. The van der Waals surface area contributed by atoms with Gasteiger partial charge < -0.3 is 15.8 Å². The van der Waals surface area contributed by atoms with Gasteiger partial charge in [0.2, 0.25) is 0 Å². The molecule has 0 radical (unpaired) electrons. The Labute approximate surface area is 113 Å². The lowest BCUT2D eigenvalue weighted by Crippen LogP contribution is -2.25. The first-order valence-corrected chi connectivity index (χ1v) is 6.15. The number of ether oxygens (including phenoxy) is 1. The molecule has 0 amide bonds. The third-order valence-corrected chi connectivity index (χ3v) is 2.63. The van der Waals surface area contributed by atoms with Gasteiger partial charge in [0.15, 0.2) is 5.96 Å². The van der Waals surface area contributed by atoms with Crippen LogP contribution in [0.2, 0.25) is 0 Å². The van der Waals surface area contributed by atoms with Crippen molar-refractivity contribution >= 4 is 17.6 Å². The second-order valence-corrected chi connectivity index (χ2v) is 4.65. The molecule has 19 heavy (non-hydrogen) atoms. The standard InChI is InChI=1S/C14H21N3O2/c1-9-5-10(2)7-12(6-9)17-14(15)16-8-11(3)13(18)19-4/h5-7,11H,8H2,1-4H3,(H3,15,16,17). The lowest BCUT2D eigenvalue weighted by Gasteiger charge is -2.09. The van der Waals surface area contributed by atoms with Crippen LogP contribution in [0.4, 0.5) is 5.69 Å². The summed E-state index contributed by atoms with van der Waals surface area (Å²) in [5.41, 5.74) is 8.98. The summed E-state index contributed by atoms with van der Waals surface area (Å²) in [6.45, 7) is 6.09. The van der Waals surface area contributed by atoms with Crippen LogP contribution in [-0.2, 0) is 9.53 Å². The van der Waals surface area contributed by atoms with Crippen molar-refractivity contribution in [2.75, 3.05) is 19.0 Å². The van der Waals surface area contributed by atoms with Crippen molar-refractivity contribution in [1.29, 1.82) is 0 Å². The molecule has 0 bridgehead atoms. The molecule has 1 rings (SSSR count). The zero-order valence-electron chi connectivity index (χ0n) is 11.9. The number of guanidine groups is 1. The van der Waals surface area contributed by atoms with E-state index in [1.807, 2.05) is 26.0 Å². The number of benzene rings is 1. The number of nitrogens with zero attached hydrogens (tertiary/aromatic N) is 1. The van der Waals surface area contributed by atoms with Crippen molar-refractivity contribution in [3.63, 3.8) is 0 Å². The fourth-order valence-electron chi connectivity index (χ4n) is 1.75. The molecule has 1 unspecified atom stereocenters. The topological polar surface area (TPSA) is 76.7 Å². The number of aliphatic imine (C=N–C) groups is 1. The predicted octanol–water partition coefficient (Wildman–Crippen LogP) is 1.84. The first-order chi connectivity index (χ1) is 8.92. The van der Waals surface area contributed by atoms with Crippen LogP contribution in [0.5, 0.6) is 0 Å². The summed E-state index contributed by atoms with van der Waals surface area (Å²) in [5.74, 6) is -0.298. The van der Waals surface area contributed by atoms with E-state index in [9.17, 15) is 4.79 Å². The van der Waals surface area contributed by atoms with Gasteiger partial charge in [0.25, 0.3) is 0 Å². The maximum Gasteiger partial charge on any atom is 0.310 e. The number of anilines is 1. The third-order valence-electron chi connectivity index (χ3n) is 2.63. The minimum absolute atomic E-state index is 0.289. The zero-order chi connectivity index (χ0) is 14.4. The minimum atomic E-state index is -0.301. The summed E-state index contributed by atoms with van der Waals surface area (Å²) in [4.78, 5) is 15.3. The number of hydrogen-bond acceptors (Lipinski definition) is 3. The Morgan fingerprint density at radius 2 is 1.95 bits per heavy atom. The SMILES string of the molecule is COC(=O)C(C)CN=C(N)Nc1cc(C)cc(C)c1. The second-order valence-electron chi connectivity index (χ2n) is 4.65. The van der Waals surface area contributed by atoms with E-state index < -0.39 is 0 Å². The summed E-state index contributed by atoms with van der Waals surface area (Å²) in [6.07, 6.45) is 0. The molecule has 0 aliphatic heterocycles. The monoisotopic (exact) mass is 263 g/mol. The fourth-order valence-corrected chi connectivity index (χ4v) is 1.75. The minimum Gasteiger partial charge on any atom is -0.469 e. The number of carbonyl (C=O) groups is 1. The molecule has 0 aromatic heterocycles. The van der Waals surface area contributed by atoms with Gasteiger partial charge in [-0.25, -0.2) is 0 Å². The first-order valence-electron chi connectivity index (χ1n) is 6.15. The smallest absolute Gasteiger partial charge is 0.310 e. The Bertz CT molecular complexity index is 463. The van der Waals surface area contributed by atoms with E-state index in [4.69, 9.17) is 5.73 Å². The number of nitrogens with two attached hydrogens (primary N) is 1. The van der Waals surface area contributed by atoms with Crippen molar-refractivity contribution in [3.05, 3.63) is 29.3 Å². The molecule has 0 aliphatic carbocycles. The molecule has 0 spiro atoms. The van der Waals surface area contributed by atoms with E-state index in [-0.39, 0.29) is 11.9 Å². The van der Waals surface area contributed by atoms with Gasteiger partial charge >= 0.3 is 5.97 Å². The summed E-state index contributed by atoms with van der Waals surface area (Å²) >= 11 is 0. The quantitative estimate of drug-likeness (QED) is 0.493. The Morgan fingerprint density at radius 1 is 1.37 bits per heavy atom. The Kier molecular flexibility index (Phi) is 5.36. The molecule has 5 nitrogen and oxygen atoms in total. The Morgan fingerprint density at radius 3 is 2.47 bits per heavy atom. The molecule has 1 atom stereocenters. The van der Waals surface area contributed by atoms with Gasteiger partial charge in [-0.15, -0.1) is 0 Å². The molecule has 0 saturated carbocycles. The van der Waals surface area contributed by atoms with Gasteiger partial charge in [-0.2, -0.15) is 0 Å². The fraction of sp³-hybridized carbons (Fsp3) is 0.429. The zero-order valence-corrected chi connectivity index (χ0v) is 11.9. The number of aryl methyl sites for hydroxylation is 2. The molecule has 0 fully saturated rings. The van der Waals surface area contributed by atoms with Gasteiger partial charge in [-0.3, -0.25) is 9.79 Å². The van der Waals surface area contributed by atoms with Crippen LogP contribution in [0.1, 0.15) is 18.1 Å². The molecule has 5 heteroatoms. The number of carbonyl (C=O) groups excluding carboxylic acids is 1. The van der Waals surface area contributed by atoms with Crippen molar-refractivity contribution in [2.45, 2.75) is 20.8 Å². The first kappa shape index (κ1) is 15.0. The van der Waals surface area contributed by atoms with Crippen LogP contribution < -0.4 is 11.1 Å². The molecular formula is C14H21N3O2. The number of methoxy groups -OCH3 is 1. The highest BCUT2D eigenvalue weighted by atomic mass is 16.5. The lowest BCUT2D eigenvalue weighted by atomic mass is 10.1. The van der Waals surface area contributed by atoms with E-state index in [1.54, 1.807) is 6.92 Å². The molecule has 104 valence electrons. The molecule has 1 aromatic rings. The van der Waals surface area contributed by atoms with Gasteiger partial charge in [0, 0.05) is 5.69 Å². The second kappa shape index (κ2) is 6.78. The number of rotatable bonds is 4. The van der Waals surface area contributed by atoms with Gasteiger partial charge in [-0.1, -0.05) is 13.0 Å². The van der Waals surface area contributed by atoms with Gasteiger partial charge in [0.05, 0.1) is 19.6 Å². The third kappa shape index (κ3) is 4.99. The van der Waals surface area contributed by atoms with Crippen LogP contribution in [0.15, 0.2) is 23.2 Å². The largest absolute Gasteiger partial charge is 0.469 e. The maximum atomic E-state index is 11.2. The van der Waals surface area contributed by atoms with E-state index in [0.29, 0.717) is 12.5 Å². The van der Waals surface area contributed by atoms with Gasteiger partial charge in [-0.05, 0) is 37.1 Å². The Balaban J connectivity index is 2.63. The van der Waals surface area contributed by atoms with E-state index in [1.165, 1.54) is 7.11 Å². The molecule has 0 heterocycles. The van der Waals surface area contributed by atoms with Gasteiger partial charge in [0.1, 0.15) is 0 Å². The van der Waals surface area contributed by atoms with Crippen LogP contribution >= 0.6 is 0 Å². The Hall–Kier alpha value is -2.04. The molecular weight excluding hydrogens is 242 g/mol. The summed E-state index contributed by atoms with van der Waals surface area (Å²) < 4.78 is 4.62. The van der Waals surface area contributed by atoms with Crippen molar-refractivity contribution in [1.82, 2.24) is 0 Å².